The molecule has 1 aliphatic carbocycles. The topological polar surface area (TPSA) is 60.7 Å². The van der Waals surface area contributed by atoms with Crippen LogP contribution >= 0.6 is 0 Å². The van der Waals surface area contributed by atoms with Crippen LogP contribution in [-0.4, -0.2) is 28.8 Å². The first kappa shape index (κ1) is 17.4. The number of carbonyl (C=O) groups is 1. The van der Waals surface area contributed by atoms with E-state index in [1.54, 1.807) is 24.4 Å². The summed E-state index contributed by atoms with van der Waals surface area (Å²) in [4.78, 5) is 11.6. The summed E-state index contributed by atoms with van der Waals surface area (Å²) >= 11 is 0. The van der Waals surface area contributed by atoms with Crippen LogP contribution in [0.5, 0.6) is 11.5 Å². The highest BCUT2D eigenvalue weighted by Crippen LogP contribution is 2.36. The minimum atomic E-state index is -2.94. The van der Waals surface area contributed by atoms with Gasteiger partial charge in [-0.05, 0) is 42.5 Å². The third-order valence-corrected chi connectivity index (χ3v) is 4.07. The van der Waals surface area contributed by atoms with Crippen LogP contribution in [0.1, 0.15) is 30.3 Å². The fourth-order valence-corrected chi connectivity index (χ4v) is 2.57. The largest absolute Gasteiger partial charge is 0.489 e. The van der Waals surface area contributed by atoms with E-state index in [1.165, 1.54) is 17.6 Å². The molecule has 0 bridgehead atoms. The van der Waals surface area contributed by atoms with Gasteiger partial charge in [-0.15, -0.1) is 0 Å². The second-order valence-electron chi connectivity index (χ2n) is 6.06. The van der Waals surface area contributed by atoms with E-state index in [0.29, 0.717) is 29.3 Å². The lowest BCUT2D eigenvalue weighted by molar-refractivity contribution is -0.0515. The van der Waals surface area contributed by atoms with E-state index in [0.717, 1.165) is 12.8 Å². The van der Waals surface area contributed by atoms with Gasteiger partial charge in [-0.1, -0.05) is 6.07 Å². The Morgan fingerprint density at radius 1 is 1.28 bits per heavy atom. The molecule has 0 radical (unpaired) electrons. The molecule has 1 heterocycles. The molecule has 0 aliphatic heterocycles. The second-order valence-corrected chi connectivity index (χ2v) is 6.06. The number of hydrogen-bond donors (Lipinski definition) is 1. The molecule has 1 aromatic heterocycles. The first-order valence-corrected chi connectivity index (χ1v) is 8.03. The van der Waals surface area contributed by atoms with Crippen LogP contribution in [0.4, 0.5) is 8.78 Å². The van der Waals surface area contributed by atoms with Crippen LogP contribution in [0.25, 0.3) is 11.1 Å². The molecule has 0 amide bonds. The number of alkyl halides is 2. The summed E-state index contributed by atoms with van der Waals surface area (Å²) in [5.74, 6) is 0.458. The smallest absolute Gasteiger partial charge is 0.387 e. The van der Waals surface area contributed by atoms with Gasteiger partial charge in [-0.25, -0.2) is 0 Å². The summed E-state index contributed by atoms with van der Waals surface area (Å²) in [6, 6.07) is 6.33. The molecule has 1 fully saturated rings. The lowest BCUT2D eigenvalue weighted by atomic mass is 10.1. The average molecular weight is 351 g/mol. The summed E-state index contributed by atoms with van der Waals surface area (Å²) in [5, 5.41) is 9.38. The van der Waals surface area contributed by atoms with Gasteiger partial charge in [-0.2, -0.15) is 8.78 Å². The molecule has 1 aliphatic rings. The molecule has 1 N–H and O–H groups in total. The van der Waals surface area contributed by atoms with Crippen molar-refractivity contribution >= 4 is 5.91 Å². The number of benzene rings is 1. The number of aliphatic hydroxyl groups excluding tert-OH is 1. The average Bonchev–Trinajstić information content (AvgIpc) is 3.29. The van der Waals surface area contributed by atoms with Gasteiger partial charge in [0.05, 0.1) is 18.9 Å². The minimum Gasteiger partial charge on any atom is -0.489 e. The van der Waals surface area contributed by atoms with E-state index in [9.17, 15) is 18.7 Å². The number of carbonyl (C=O) groups excluding carboxylic acids is 1. The zero-order valence-electron chi connectivity index (χ0n) is 13.7. The highest BCUT2D eigenvalue weighted by Gasteiger charge is 2.23. The van der Waals surface area contributed by atoms with Crippen LogP contribution in [0.15, 0.2) is 30.5 Å². The quantitative estimate of drug-likeness (QED) is 0.826. The zero-order chi connectivity index (χ0) is 18.0. The van der Waals surface area contributed by atoms with E-state index in [2.05, 4.69) is 4.74 Å². The number of halogens is 2. The highest BCUT2D eigenvalue weighted by molar-refractivity contribution is 5.80. The summed E-state index contributed by atoms with van der Waals surface area (Å²) in [6.45, 7) is -1.36. The van der Waals surface area contributed by atoms with Gasteiger partial charge in [0, 0.05) is 18.7 Å². The van der Waals surface area contributed by atoms with Gasteiger partial charge in [0.2, 0.25) is 5.91 Å². The first-order chi connectivity index (χ1) is 12.0. The molecule has 0 unspecified atom stereocenters. The molecule has 0 saturated heterocycles. The Hall–Kier alpha value is -2.41. The van der Waals surface area contributed by atoms with Crippen molar-refractivity contribution in [2.24, 2.45) is 5.92 Å². The van der Waals surface area contributed by atoms with Gasteiger partial charge >= 0.3 is 6.61 Å². The molecule has 2 aromatic rings. The van der Waals surface area contributed by atoms with Crippen molar-refractivity contribution < 1.29 is 28.2 Å². The summed E-state index contributed by atoms with van der Waals surface area (Å²) in [7, 11) is 0. The summed E-state index contributed by atoms with van der Waals surface area (Å²) < 4.78 is 36.7. The number of hydrogen-bond acceptors (Lipinski definition) is 4. The molecule has 25 heavy (non-hydrogen) atoms. The molecule has 1 saturated carbocycles. The van der Waals surface area contributed by atoms with Crippen molar-refractivity contribution in [3.63, 3.8) is 0 Å². The Kier molecular flexibility index (Phi) is 5.03. The molecular formula is C18H19F2NO4. The van der Waals surface area contributed by atoms with E-state index < -0.39 is 6.61 Å². The monoisotopic (exact) mass is 351 g/mol. The SMILES string of the molecule is CC(=O)n1cc(-c2ccc(OC(F)F)c(OCC3CC3)c2)cc1CO. The predicted molar refractivity (Wildman–Crippen MR) is 86.9 cm³/mol. The second kappa shape index (κ2) is 7.23. The Labute approximate surface area is 143 Å². The lowest BCUT2D eigenvalue weighted by Gasteiger charge is -2.13. The zero-order valence-corrected chi connectivity index (χ0v) is 13.7. The number of nitrogens with zero attached hydrogens (tertiary/aromatic N) is 1. The number of rotatable bonds is 7. The van der Waals surface area contributed by atoms with Crippen molar-refractivity contribution in [1.29, 1.82) is 0 Å². The normalized spacial score (nSPS) is 14.0. The van der Waals surface area contributed by atoms with Crippen LogP contribution in [-0.2, 0) is 6.61 Å². The van der Waals surface area contributed by atoms with Gasteiger partial charge < -0.3 is 14.6 Å². The third-order valence-electron chi connectivity index (χ3n) is 4.07. The molecule has 3 rings (SSSR count). The van der Waals surface area contributed by atoms with E-state index in [4.69, 9.17) is 4.74 Å². The Bertz CT molecular complexity index is 768. The third kappa shape index (κ3) is 4.17. The molecule has 7 heteroatoms. The van der Waals surface area contributed by atoms with Crippen molar-refractivity contribution in [2.45, 2.75) is 33.0 Å². The summed E-state index contributed by atoms with van der Waals surface area (Å²) in [5.41, 5.74) is 1.82. The van der Waals surface area contributed by atoms with Gasteiger partial charge in [0.15, 0.2) is 11.5 Å². The maximum absolute atomic E-state index is 12.6. The van der Waals surface area contributed by atoms with Crippen LogP contribution in [0.3, 0.4) is 0 Å². The van der Waals surface area contributed by atoms with E-state index in [-0.39, 0.29) is 24.0 Å². The first-order valence-electron chi connectivity index (χ1n) is 8.03. The fourth-order valence-electron chi connectivity index (χ4n) is 2.57. The van der Waals surface area contributed by atoms with Gasteiger partial charge in [-0.3, -0.25) is 9.36 Å². The molecule has 134 valence electrons. The highest BCUT2D eigenvalue weighted by atomic mass is 19.3. The van der Waals surface area contributed by atoms with Crippen molar-refractivity contribution in [3.05, 3.63) is 36.2 Å². The lowest BCUT2D eigenvalue weighted by Crippen LogP contribution is -2.07. The van der Waals surface area contributed by atoms with Crippen LogP contribution in [0, 0.1) is 5.92 Å². The molecule has 1 aromatic carbocycles. The van der Waals surface area contributed by atoms with Crippen molar-refractivity contribution in [3.8, 4) is 22.6 Å². The van der Waals surface area contributed by atoms with E-state index >= 15 is 0 Å². The summed E-state index contributed by atoms with van der Waals surface area (Å²) in [6.07, 6.45) is 3.75. The standard InChI is InChI=1S/C18H19F2NO4/c1-11(23)21-8-14(6-15(21)9-22)13-4-5-16(25-18(19)20)17(7-13)24-10-12-2-3-12/h4-8,12,18,22H,2-3,9-10H2,1H3. The number of aromatic nitrogens is 1. The van der Waals surface area contributed by atoms with Crippen LogP contribution < -0.4 is 9.47 Å². The molecule has 5 nitrogen and oxygen atoms in total. The Balaban J connectivity index is 1.92. The number of ether oxygens (including phenoxy) is 2. The van der Waals surface area contributed by atoms with E-state index in [1.807, 2.05) is 0 Å². The Morgan fingerprint density at radius 2 is 2.04 bits per heavy atom. The predicted octanol–water partition coefficient (Wildman–Crippen LogP) is 3.70. The van der Waals surface area contributed by atoms with Crippen molar-refractivity contribution in [1.82, 2.24) is 4.57 Å². The maximum atomic E-state index is 12.6. The molecule has 0 atom stereocenters. The fraction of sp³-hybridized carbons (Fsp3) is 0.389. The molecular weight excluding hydrogens is 332 g/mol. The molecule has 0 spiro atoms. The minimum absolute atomic E-state index is 0.0206. The Morgan fingerprint density at radius 3 is 2.60 bits per heavy atom. The van der Waals surface area contributed by atoms with Gasteiger partial charge in [0.1, 0.15) is 0 Å². The van der Waals surface area contributed by atoms with Crippen molar-refractivity contribution in [2.75, 3.05) is 6.61 Å². The maximum Gasteiger partial charge on any atom is 0.387 e. The van der Waals surface area contributed by atoms with Crippen LogP contribution in [0.2, 0.25) is 0 Å². The number of aliphatic hydroxyl groups is 1. The van der Waals surface area contributed by atoms with Gasteiger partial charge in [0.25, 0.3) is 0 Å².